The molecule has 0 bridgehead atoms. The zero-order chi connectivity index (χ0) is 8.81. The largest absolute Gasteiger partial charge is 0.378 e. The molecule has 0 aromatic heterocycles. The zero-order valence-electron chi connectivity index (χ0n) is 7.04. The van der Waals surface area contributed by atoms with Gasteiger partial charge in [-0.2, -0.15) is 0 Å². The quantitative estimate of drug-likeness (QED) is 0.442. The molecule has 0 aliphatic carbocycles. The molecule has 0 aromatic carbocycles. The number of unbranched alkanes of at least 4 members (excludes halogenated alkanes) is 1. The first-order valence-electron chi connectivity index (χ1n) is 4.39. The molecule has 0 radical (unpaired) electrons. The van der Waals surface area contributed by atoms with E-state index in [0.717, 1.165) is 18.1 Å². The molecule has 1 nitrogen and oxygen atoms in total. The van der Waals surface area contributed by atoms with Crippen molar-refractivity contribution in [3.8, 4) is 0 Å². The van der Waals surface area contributed by atoms with Crippen molar-refractivity contribution in [3.63, 3.8) is 0 Å². The van der Waals surface area contributed by atoms with Crippen LogP contribution in [0.2, 0.25) is 0 Å². The highest BCUT2D eigenvalue weighted by molar-refractivity contribution is 8.77. The Morgan fingerprint density at radius 1 is 1.50 bits per heavy atom. The van der Waals surface area contributed by atoms with E-state index in [0.29, 0.717) is 0 Å². The van der Waals surface area contributed by atoms with Crippen molar-refractivity contribution in [1.82, 2.24) is 0 Å². The summed E-state index contributed by atoms with van der Waals surface area (Å²) in [5.74, 6) is 1.31. The summed E-state index contributed by atoms with van der Waals surface area (Å²) in [4.78, 5) is 0. The van der Waals surface area contributed by atoms with E-state index in [4.69, 9.17) is 16.7 Å². The number of aliphatic hydroxyl groups is 1. The molecular formula is C8H15ClOS2. The monoisotopic (exact) mass is 226 g/mol. The SMILES string of the molecule is OC(Cl)CCCC[C@@H]1CCSS1. The second-order valence-electron chi connectivity index (χ2n) is 3.05. The van der Waals surface area contributed by atoms with Crippen molar-refractivity contribution in [2.75, 3.05) is 5.75 Å². The van der Waals surface area contributed by atoms with Gasteiger partial charge >= 0.3 is 0 Å². The van der Waals surface area contributed by atoms with Gasteiger partial charge in [0, 0.05) is 11.0 Å². The Kier molecular flexibility index (Phi) is 5.89. The van der Waals surface area contributed by atoms with E-state index in [-0.39, 0.29) is 0 Å². The van der Waals surface area contributed by atoms with Crippen molar-refractivity contribution in [3.05, 3.63) is 0 Å². The maximum Gasteiger partial charge on any atom is 0.128 e. The summed E-state index contributed by atoms with van der Waals surface area (Å²) in [5, 5.41) is 9.66. The number of halogens is 1. The average Bonchev–Trinajstić information content (AvgIpc) is 2.49. The topological polar surface area (TPSA) is 20.2 Å². The highest BCUT2D eigenvalue weighted by Crippen LogP contribution is 2.39. The predicted molar refractivity (Wildman–Crippen MR) is 58.8 cm³/mol. The molecule has 1 heterocycles. The molecule has 1 N–H and O–H groups in total. The van der Waals surface area contributed by atoms with Gasteiger partial charge in [-0.15, -0.1) is 0 Å². The lowest BCUT2D eigenvalue weighted by Gasteiger charge is -2.06. The van der Waals surface area contributed by atoms with Crippen molar-refractivity contribution >= 4 is 33.2 Å². The molecular weight excluding hydrogens is 212 g/mol. The number of hydrogen-bond acceptors (Lipinski definition) is 3. The molecule has 4 heteroatoms. The van der Waals surface area contributed by atoms with Gasteiger partial charge in [0.1, 0.15) is 5.56 Å². The molecule has 0 saturated carbocycles. The minimum absolute atomic E-state index is 0.629. The van der Waals surface area contributed by atoms with Crippen LogP contribution in [0.25, 0.3) is 0 Å². The van der Waals surface area contributed by atoms with Gasteiger partial charge in [-0.25, -0.2) is 0 Å². The molecule has 1 unspecified atom stereocenters. The van der Waals surface area contributed by atoms with E-state index < -0.39 is 5.56 Å². The summed E-state index contributed by atoms with van der Waals surface area (Å²) >= 11 is 5.42. The summed E-state index contributed by atoms with van der Waals surface area (Å²) in [7, 11) is 4.01. The molecule has 1 rings (SSSR count). The van der Waals surface area contributed by atoms with E-state index in [1.54, 1.807) is 0 Å². The standard InChI is InChI=1S/C8H15ClOS2/c9-8(10)4-2-1-3-7-5-6-11-12-7/h7-8,10H,1-6H2/t7-,8?/m1/s1. The third kappa shape index (κ3) is 4.85. The molecule has 0 aromatic rings. The Balaban J connectivity index is 1.88. The fourth-order valence-electron chi connectivity index (χ4n) is 1.25. The van der Waals surface area contributed by atoms with Crippen molar-refractivity contribution in [2.45, 2.75) is 42.9 Å². The lowest BCUT2D eigenvalue weighted by molar-refractivity contribution is 0.240. The fourth-order valence-corrected chi connectivity index (χ4v) is 4.43. The highest BCUT2D eigenvalue weighted by Gasteiger charge is 2.15. The molecule has 1 aliphatic rings. The van der Waals surface area contributed by atoms with Gasteiger partial charge in [0.15, 0.2) is 0 Å². The molecule has 12 heavy (non-hydrogen) atoms. The lowest BCUT2D eigenvalue weighted by Crippen LogP contribution is -1.99. The third-order valence-electron chi connectivity index (χ3n) is 1.95. The van der Waals surface area contributed by atoms with Crippen molar-refractivity contribution in [2.24, 2.45) is 0 Å². The number of rotatable bonds is 5. The van der Waals surface area contributed by atoms with Crippen LogP contribution < -0.4 is 0 Å². The third-order valence-corrected chi connectivity index (χ3v) is 5.17. The van der Waals surface area contributed by atoms with Gasteiger partial charge in [-0.3, -0.25) is 0 Å². The van der Waals surface area contributed by atoms with E-state index in [2.05, 4.69) is 0 Å². The van der Waals surface area contributed by atoms with Gasteiger partial charge in [0.05, 0.1) is 0 Å². The van der Waals surface area contributed by atoms with Crippen LogP contribution in [0.3, 0.4) is 0 Å². The van der Waals surface area contributed by atoms with Crippen molar-refractivity contribution < 1.29 is 5.11 Å². The smallest absolute Gasteiger partial charge is 0.128 e. The van der Waals surface area contributed by atoms with E-state index in [1.165, 1.54) is 25.0 Å². The van der Waals surface area contributed by atoms with Gasteiger partial charge in [-0.1, -0.05) is 39.6 Å². The molecule has 1 saturated heterocycles. The molecule has 2 atom stereocenters. The highest BCUT2D eigenvalue weighted by atomic mass is 35.5. The van der Waals surface area contributed by atoms with Crippen LogP contribution in [0, 0.1) is 0 Å². The first-order valence-corrected chi connectivity index (χ1v) is 7.21. The molecule has 1 fully saturated rings. The lowest BCUT2D eigenvalue weighted by atomic mass is 10.1. The number of hydrogen-bond donors (Lipinski definition) is 1. The minimum Gasteiger partial charge on any atom is -0.378 e. The molecule has 0 amide bonds. The first kappa shape index (κ1) is 11.0. The van der Waals surface area contributed by atoms with Gasteiger partial charge in [0.25, 0.3) is 0 Å². The van der Waals surface area contributed by atoms with Crippen LogP contribution in [-0.4, -0.2) is 21.7 Å². The van der Waals surface area contributed by atoms with E-state index >= 15 is 0 Å². The second kappa shape index (κ2) is 6.41. The normalized spacial score (nSPS) is 26.0. The summed E-state index contributed by atoms with van der Waals surface area (Å²) in [6.07, 6.45) is 5.67. The van der Waals surface area contributed by atoms with Crippen LogP contribution in [0.15, 0.2) is 0 Å². The molecule has 72 valence electrons. The van der Waals surface area contributed by atoms with E-state index in [1.807, 2.05) is 21.6 Å². The second-order valence-corrected chi connectivity index (χ2v) is 6.34. The summed E-state index contributed by atoms with van der Waals surface area (Å²) < 4.78 is 0. The van der Waals surface area contributed by atoms with Crippen LogP contribution in [-0.2, 0) is 0 Å². The minimum atomic E-state index is -0.629. The Morgan fingerprint density at radius 2 is 2.33 bits per heavy atom. The summed E-state index contributed by atoms with van der Waals surface area (Å²) in [6, 6.07) is 0. The predicted octanol–water partition coefficient (Wildman–Crippen LogP) is 3.26. The van der Waals surface area contributed by atoms with Crippen LogP contribution in [0.5, 0.6) is 0 Å². The molecule has 1 aliphatic heterocycles. The van der Waals surface area contributed by atoms with Crippen LogP contribution >= 0.6 is 33.2 Å². The first-order chi connectivity index (χ1) is 5.79. The number of aliphatic hydroxyl groups excluding tert-OH is 1. The Hall–Kier alpha value is 0.950. The maximum absolute atomic E-state index is 8.80. The Morgan fingerprint density at radius 3 is 2.92 bits per heavy atom. The van der Waals surface area contributed by atoms with Gasteiger partial charge in [-0.05, 0) is 25.7 Å². The van der Waals surface area contributed by atoms with Crippen LogP contribution in [0.1, 0.15) is 32.1 Å². The maximum atomic E-state index is 8.80. The Bertz CT molecular complexity index is 116. The summed E-state index contributed by atoms with van der Waals surface area (Å²) in [6.45, 7) is 0. The van der Waals surface area contributed by atoms with Crippen molar-refractivity contribution in [1.29, 1.82) is 0 Å². The van der Waals surface area contributed by atoms with Crippen LogP contribution in [0.4, 0.5) is 0 Å². The average molecular weight is 227 g/mol. The summed E-state index contributed by atoms with van der Waals surface area (Å²) in [5.41, 5.74) is -0.629. The Labute approximate surface area is 87.0 Å². The zero-order valence-corrected chi connectivity index (χ0v) is 9.43. The number of alkyl halides is 1. The fraction of sp³-hybridized carbons (Fsp3) is 1.00. The van der Waals surface area contributed by atoms with E-state index in [9.17, 15) is 0 Å². The van der Waals surface area contributed by atoms with Gasteiger partial charge in [0.2, 0.25) is 0 Å². The van der Waals surface area contributed by atoms with Gasteiger partial charge < -0.3 is 5.11 Å². The molecule has 0 spiro atoms.